The van der Waals surface area contributed by atoms with Crippen molar-refractivity contribution in [3.8, 4) is 11.8 Å². The molecule has 0 saturated carbocycles. The van der Waals surface area contributed by atoms with Gasteiger partial charge in [0.25, 0.3) is 0 Å². The third kappa shape index (κ3) is 5.46. The number of nitrogens with one attached hydrogen (secondary N) is 1. The number of ether oxygens (including phenoxy) is 1. The topological polar surface area (TPSA) is 79.2 Å². The largest absolute Gasteiger partial charge is 0.491 e. The van der Waals surface area contributed by atoms with Crippen LogP contribution in [0, 0.1) is 11.3 Å². The van der Waals surface area contributed by atoms with E-state index in [4.69, 9.17) is 21.6 Å². The molecule has 5 nitrogen and oxygen atoms in total. The van der Waals surface area contributed by atoms with Crippen LogP contribution in [-0.4, -0.2) is 21.1 Å². The van der Waals surface area contributed by atoms with Crippen LogP contribution >= 0.6 is 11.6 Å². The molecule has 0 aliphatic carbocycles. The number of rotatable bonds is 7. The minimum atomic E-state index is -3.69. The molecule has 7 heteroatoms. The smallest absolute Gasteiger partial charge is 0.240 e. The highest BCUT2D eigenvalue weighted by Gasteiger charge is 2.15. The Morgan fingerprint density at radius 1 is 1.20 bits per heavy atom. The van der Waals surface area contributed by atoms with Crippen LogP contribution in [0.2, 0.25) is 5.02 Å². The summed E-state index contributed by atoms with van der Waals surface area (Å²) in [5.74, 6) is 0.782. The monoisotopic (exact) mass is 378 g/mol. The maximum Gasteiger partial charge on any atom is 0.240 e. The van der Waals surface area contributed by atoms with Gasteiger partial charge < -0.3 is 4.74 Å². The van der Waals surface area contributed by atoms with Crippen LogP contribution in [0.25, 0.3) is 0 Å². The van der Waals surface area contributed by atoms with E-state index in [1.807, 2.05) is 44.2 Å². The number of halogens is 1. The molecule has 0 radical (unpaired) electrons. The molecular formula is C18H19ClN2O3S. The molecule has 2 rings (SSSR count). The molecular weight excluding hydrogens is 360 g/mol. The summed E-state index contributed by atoms with van der Waals surface area (Å²) in [6, 6.07) is 13.5. The van der Waals surface area contributed by atoms with E-state index < -0.39 is 10.0 Å². The molecule has 0 amide bonds. The molecule has 0 spiro atoms. The lowest BCUT2D eigenvalue weighted by molar-refractivity contribution is 0.242. The highest BCUT2D eigenvalue weighted by Crippen LogP contribution is 2.19. The third-order valence-electron chi connectivity index (χ3n) is 3.37. The molecule has 2 aromatic carbocycles. The van der Waals surface area contributed by atoms with E-state index in [2.05, 4.69) is 4.72 Å². The lowest BCUT2D eigenvalue weighted by Crippen LogP contribution is -2.26. The second-order valence-electron chi connectivity index (χ2n) is 5.71. The Morgan fingerprint density at radius 2 is 1.88 bits per heavy atom. The molecule has 1 N–H and O–H groups in total. The van der Waals surface area contributed by atoms with Gasteiger partial charge in [-0.25, -0.2) is 13.1 Å². The molecule has 0 atom stereocenters. The molecule has 0 aliphatic heterocycles. The van der Waals surface area contributed by atoms with Gasteiger partial charge in [0.05, 0.1) is 21.6 Å². The first-order valence-electron chi connectivity index (χ1n) is 7.77. The van der Waals surface area contributed by atoms with E-state index in [-0.39, 0.29) is 28.1 Å². The Hall–Kier alpha value is -2.07. The van der Waals surface area contributed by atoms with Crippen LogP contribution < -0.4 is 9.46 Å². The number of hydrogen-bond donors (Lipinski definition) is 1. The lowest BCUT2D eigenvalue weighted by atomic mass is 10.1. The Bertz CT molecular complexity index is 872. The molecule has 0 heterocycles. The maximum absolute atomic E-state index is 12.3. The summed E-state index contributed by atoms with van der Waals surface area (Å²) in [7, 11) is -3.69. The quantitative estimate of drug-likeness (QED) is 0.799. The predicted octanol–water partition coefficient (Wildman–Crippen LogP) is 3.52. The maximum atomic E-state index is 12.3. The van der Waals surface area contributed by atoms with E-state index in [9.17, 15) is 8.42 Å². The summed E-state index contributed by atoms with van der Waals surface area (Å²) in [4.78, 5) is 0.0223. The van der Waals surface area contributed by atoms with E-state index in [1.165, 1.54) is 18.2 Å². The fraction of sp³-hybridized carbons (Fsp3) is 0.278. The van der Waals surface area contributed by atoms with Crippen LogP contribution in [0.15, 0.2) is 47.4 Å². The second-order valence-corrected chi connectivity index (χ2v) is 7.89. The molecule has 0 unspecified atom stereocenters. The van der Waals surface area contributed by atoms with Gasteiger partial charge in [0.1, 0.15) is 11.8 Å². The lowest BCUT2D eigenvalue weighted by Gasteiger charge is -2.10. The third-order valence-corrected chi connectivity index (χ3v) is 5.16. The van der Waals surface area contributed by atoms with Gasteiger partial charge >= 0.3 is 0 Å². The van der Waals surface area contributed by atoms with Crippen molar-refractivity contribution in [3.63, 3.8) is 0 Å². The first-order chi connectivity index (χ1) is 11.8. The van der Waals surface area contributed by atoms with Crippen molar-refractivity contribution in [3.05, 3.63) is 58.6 Å². The summed E-state index contributed by atoms with van der Waals surface area (Å²) < 4.78 is 32.7. The Kier molecular flexibility index (Phi) is 6.43. The van der Waals surface area contributed by atoms with Crippen molar-refractivity contribution in [1.29, 1.82) is 5.26 Å². The summed E-state index contributed by atoms with van der Waals surface area (Å²) in [6.45, 7) is 4.16. The van der Waals surface area contributed by atoms with E-state index in [0.29, 0.717) is 6.42 Å². The molecule has 25 heavy (non-hydrogen) atoms. The van der Waals surface area contributed by atoms with Crippen LogP contribution in [0.1, 0.15) is 25.0 Å². The first-order valence-corrected chi connectivity index (χ1v) is 9.63. The van der Waals surface area contributed by atoms with Crippen molar-refractivity contribution in [2.24, 2.45) is 0 Å². The predicted molar refractivity (Wildman–Crippen MR) is 97.3 cm³/mol. The van der Waals surface area contributed by atoms with Gasteiger partial charge in [0, 0.05) is 6.54 Å². The Balaban J connectivity index is 1.97. The van der Waals surface area contributed by atoms with Gasteiger partial charge in [-0.15, -0.1) is 0 Å². The second kappa shape index (κ2) is 8.34. The standard InChI is InChI=1S/C18H19ClN2O3S/c1-13(2)24-16-5-3-14(4-6-16)9-10-21-25(22,23)17-7-8-18(19)15(11-17)12-20/h3-8,11,13,21H,9-10H2,1-2H3. The minimum absolute atomic E-state index is 0.0223. The average molecular weight is 379 g/mol. The number of nitrogens with zero attached hydrogens (tertiary/aromatic N) is 1. The van der Waals surface area contributed by atoms with Crippen LogP contribution in [-0.2, 0) is 16.4 Å². The molecule has 0 aromatic heterocycles. The van der Waals surface area contributed by atoms with Gasteiger partial charge in [-0.2, -0.15) is 5.26 Å². The van der Waals surface area contributed by atoms with Crippen molar-refractivity contribution in [2.45, 2.75) is 31.3 Å². The van der Waals surface area contributed by atoms with Gasteiger partial charge in [-0.05, 0) is 56.2 Å². The van der Waals surface area contributed by atoms with Crippen molar-refractivity contribution >= 4 is 21.6 Å². The summed E-state index contributed by atoms with van der Waals surface area (Å²) in [5, 5.41) is 9.18. The fourth-order valence-electron chi connectivity index (χ4n) is 2.18. The highest BCUT2D eigenvalue weighted by atomic mass is 35.5. The SMILES string of the molecule is CC(C)Oc1ccc(CCNS(=O)(=O)c2ccc(Cl)c(C#N)c2)cc1. The van der Waals surface area contributed by atoms with Crippen molar-refractivity contribution in [2.75, 3.05) is 6.54 Å². The fourth-order valence-corrected chi connectivity index (χ4v) is 3.39. The first kappa shape index (κ1) is 19.3. The number of hydrogen-bond acceptors (Lipinski definition) is 4. The van der Waals surface area contributed by atoms with Gasteiger partial charge in [-0.3, -0.25) is 0 Å². The number of sulfonamides is 1. The highest BCUT2D eigenvalue weighted by molar-refractivity contribution is 7.89. The molecule has 0 fully saturated rings. The van der Waals surface area contributed by atoms with Crippen LogP contribution in [0.5, 0.6) is 5.75 Å². The number of benzene rings is 2. The number of nitriles is 1. The molecule has 0 aliphatic rings. The van der Waals surface area contributed by atoms with Gasteiger partial charge in [0.15, 0.2) is 0 Å². The molecule has 2 aromatic rings. The van der Waals surface area contributed by atoms with Gasteiger partial charge in [0.2, 0.25) is 10.0 Å². The zero-order valence-electron chi connectivity index (χ0n) is 14.0. The van der Waals surface area contributed by atoms with Crippen molar-refractivity contribution < 1.29 is 13.2 Å². The molecule has 0 bridgehead atoms. The van der Waals surface area contributed by atoms with Gasteiger partial charge in [-0.1, -0.05) is 23.7 Å². The molecule has 0 saturated heterocycles. The summed E-state index contributed by atoms with van der Waals surface area (Å²) in [6.07, 6.45) is 0.648. The summed E-state index contributed by atoms with van der Waals surface area (Å²) >= 11 is 5.83. The van der Waals surface area contributed by atoms with Crippen LogP contribution in [0.4, 0.5) is 0 Å². The normalized spacial score (nSPS) is 11.3. The summed E-state index contributed by atoms with van der Waals surface area (Å²) in [5.41, 5.74) is 1.12. The van der Waals surface area contributed by atoms with E-state index in [0.717, 1.165) is 11.3 Å². The van der Waals surface area contributed by atoms with Crippen molar-refractivity contribution in [1.82, 2.24) is 4.72 Å². The average Bonchev–Trinajstić information content (AvgIpc) is 2.56. The zero-order chi connectivity index (χ0) is 18.4. The minimum Gasteiger partial charge on any atom is -0.491 e. The Labute approximate surface area is 153 Å². The van der Waals surface area contributed by atoms with E-state index in [1.54, 1.807) is 0 Å². The van der Waals surface area contributed by atoms with E-state index >= 15 is 0 Å². The molecule has 132 valence electrons. The van der Waals surface area contributed by atoms with Crippen LogP contribution in [0.3, 0.4) is 0 Å². The zero-order valence-corrected chi connectivity index (χ0v) is 15.6. The Morgan fingerprint density at radius 3 is 2.48 bits per heavy atom.